The molecule has 0 radical (unpaired) electrons. The zero-order valence-corrected chi connectivity index (χ0v) is 10.3. The summed E-state index contributed by atoms with van der Waals surface area (Å²) in [4.78, 5) is 6.85. The third-order valence-corrected chi connectivity index (χ3v) is 4.17. The zero-order chi connectivity index (χ0) is 9.47. The second kappa shape index (κ2) is 3.24. The van der Waals surface area contributed by atoms with Crippen LogP contribution >= 0.6 is 27.3 Å². The van der Waals surface area contributed by atoms with E-state index in [2.05, 4.69) is 39.7 Å². The number of nitrogens with zero attached hydrogens (tertiary/aromatic N) is 2. The van der Waals surface area contributed by atoms with Gasteiger partial charge in [-0.3, -0.25) is 0 Å². The highest BCUT2D eigenvalue weighted by Crippen LogP contribution is 2.35. The summed E-state index contributed by atoms with van der Waals surface area (Å²) in [7, 11) is 0. The molecule has 1 aliphatic heterocycles. The fourth-order valence-electron chi connectivity index (χ4n) is 1.83. The lowest BCUT2D eigenvalue weighted by atomic mass is 10.0. The van der Waals surface area contributed by atoms with Gasteiger partial charge >= 0.3 is 0 Å². The molecule has 2 rings (SSSR count). The maximum Gasteiger partial charge on any atom is 0.186 e. The van der Waals surface area contributed by atoms with E-state index in [1.807, 2.05) is 5.38 Å². The molecule has 1 aromatic rings. The Bertz CT molecular complexity index is 308. The van der Waals surface area contributed by atoms with Gasteiger partial charge in [-0.25, -0.2) is 4.98 Å². The van der Waals surface area contributed by atoms with Crippen LogP contribution in [0.2, 0.25) is 0 Å². The SMILES string of the molecule is CC1(C)CCCN1c1nc(Br)cs1. The number of rotatable bonds is 1. The van der Waals surface area contributed by atoms with Crippen molar-refractivity contribution < 1.29 is 0 Å². The van der Waals surface area contributed by atoms with Crippen molar-refractivity contribution in [2.45, 2.75) is 32.2 Å². The molecule has 0 spiro atoms. The second-order valence-corrected chi connectivity index (χ2v) is 5.67. The maximum absolute atomic E-state index is 4.45. The number of hydrogen-bond acceptors (Lipinski definition) is 3. The van der Waals surface area contributed by atoms with Crippen LogP contribution in [-0.4, -0.2) is 17.1 Å². The number of thiazole rings is 1. The summed E-state index contributed by atoms with van der Waals surface area (Å²) in [6.45, 7) is 5.72. The van der Waals surface area contributed by atoms with Crippen molar-refractivity contribution in [1.82, 2.24) is 4.98 Å². The van der Waals surface area contributed by atoms with Gasteiger partial charge in [-0.15, -0.1) is 11.3 Å². The third-order valence-electron chi connectivity index (χ3n) is 2.60. The lowest BCUT2D eigenvalue weighted by molar-refractivity contribution is 0.517. The molecule has 1 fully saturated rings. The standard InChI is InChI=1S/C9H13BrN2S/c1-9(2)4-3-5-12(9)8-11-7(10)6-13-8/h6H,3-5H2,1-2H3. The van der Waals surface area contributed by atoms with E-state index >= 15 is 0 Å². The molecule has 2 heterocycles. The Morgan fingerprint density at radius 3 is 2.85 bits per heavy atom. The minimum Gasteiger partial charge on any atom is -0.343 e. The van der Waals surface area contributed by atoms with E-state index in [0.29, 0.717) is 0 Å². The van der Waals surface area contributed by atoms with E-state index in [4.69, 9.17) is 0 Å². The Hall–Kier alpha value is -0.0900. The normalized spacial score (nSPS) is 21.0. The molecule has 0 aliphatic carbocycles. The van der Waals surface area contributed by atoms with Gasteiger partial charge in [0.2, 0.25) is 0 Å². The first-order valence-electron chi connectivity index (χ1n) is 4.48. The van der Waals surface area contributed by atoms with E-state index in [9.17, 15) is 0 Å². The summed E-state index contributed by atoms with van der Waals surface area (Å²) in [6, 6.07) is 0. The molecular formula is C9H13BrN2S. The molecule has 0 saturated carbocycles. The molecule has 0 unspecified atom stereocenters. The van der Waals surface area contributed by atoms with Crippen LogP contribution in [0.1, 0.15) is 26.7 Å². The van der Waals surface area contributed by atoms with Crippen LogP contribution in [0, 0.1) is 0 Å². The molecule has 0 aromatic carbocycles. The summed E-state index contributed by atoms with van der Waals surface area (Å²) < 4.78 is 0.954. The highest BCUT2D eigenvalue weighted by atomic mass is 79.9. The molecule has 1 aliphatic rings. The highest BCUT2D eigenvalue weighted by Gasteiger charge is 2.33. The maximum atomic E-state index is 4.45. The van der Waals surface area contributed by atoms with Gasteiger partial charge in [0, 0.05) is 17.5 Å². The first-order valence-corrected chi connectivity index (χ1v) is 6.15. The first kappa shape index (κ1) is 9.46. The Morgan fingerprint density at radius 1 is 1.62 bits per heavy atom. The highest BCUT2D eigenvalue weighted by molar-refractivity contribution is 9.10. The van der Waals surface area contributed by atoms with Crippen molar-refractivity contribution in [2.24, 2.45) is 0 Å². The molecule has 2 nitrogen and oxygen atoms in total. The van der Waals surface area contributed by atoms with E-state index in [1.165, 1.54) is 12.8 Å². The minimum absolute atomic E-state index is 0.289. The molecule has 1 aromatic heterocycles. The summed E-state index contributed by atoms with van der Waals surface area (Å²) in [5.74, 6) is 0. The summed E-state index contributed by atoms with van der Waals surface area (Å²) in [5.41, 5.74) is 0.289. The van der Waals surface area contributed by atoms with Crippen molar-refractivity contribution in [2.75, 3.05) is 11.4 Å². The van der Waals surface area contributed by atoms with Crippen molar-refractivity contribution in [3.8, 4) is 0 Å². The monoisotopic (exact) mass is 260 g/mol. The van der Waals surface area contributed by atoms with Gasteiger partial charge in [0.1, 0.15) is 4.60 Å². The predicted molar refractivity (Wildman–Crippen MR) is 60.5 cm³/mol. The molecular weight excluding hydrogens is 248 g/mol. The van der Waals surface area contributed by atoms with Crippen LogP contribution in [0.15, 0.2) is 9.98 Å². The van der Waals surface area contributed by atoms with E-state index < -0.39 is 0 Å². The van der Waals surface area contributed by atoms with Crippen LogP contribution in [-0.2, 0) is 0 Å². The molecule has 0 N–H and O–H groups in total. The summed E-state index contributed by atoms with van der Waals surface area (Å²) >= 11 is 5.11. The lowest BCUT2D eigenvalue weighted by Gasteiger charge is -2.31. The zero-order valence-electron chi connectivity index (χ0n) is 7.88. The second-order valence-electron chi connectivity index (χ2n) is 4.02. The quantitative estimate of drug-likeness (QED) is 0.771. The Balaban J connectivity index is 2.26. The Labute approximate surface area is 91.1 Å². The van der Waals surface area contributed by atoms with E-state index in [-0.39, 0.29) is 5.54 Å². The van der Waals surface area contributed by atoms with Crippen LogP contribution in [0.5, 0.6) is 0 Å². The summed E-state index contributed by atoms with van der Waals surface area (Å²) in [5, 5.41) is 3.19. The van der Waals surface area contributed by atoms with Gasteiger partial charge in [-0.2, -0.15) is 0 Å². The number of hydrogen-bond donors (Lipinski definition) is 0. The lowest BCUT2D eigenvalue weighted by Crippen LogP contribution is -2.37. The van der Waals surface area contributed by atoms with Crippen molar-refractivity contribution in [3.05, 3.63) is 9.98 Å². The Morgan fingerprint density at radius 2 is 2.38 bits per heavy atom. The molecule has 13 heavy (non-hydrogen) atoms. The number of anilines is 1. The van der Waals surface area contributed by atoms with Crippen LogP contribution in [0.3, 0.4) is 0 Å². The molecule has 0 atom stereocenters. The van der Waals surface area contributed by atoms with E-state index in [0.717, 1.165) is 16.3 Å². The van der Waals surface area contributed by atoms with Crippen LogP contribution in [0.25, 0.3) is 0 Å². The fourth-order valence-corrected chi connectivity index (χ4v) is 3.27. The number of halogens is 1. The molecule has 72 valence electrons. The average Bonchev–Trinajstić information content (AvgIpc) is 2.56. The average molecular weight is 261 g/mol. The fraction of sp³-hybridized carbons (Fsp3) is 0.667. The minimum atomic E-state index is 0.289. The van der Waals surface area contributed by atoms with Gasteiger partial charge in [0.25, 0.3) is 0 Å². The van der Waals surface area contributed by atoms with Crippen LogP contribution in [0.4, 0.5) is 5.13 Å². The molecule has 0 amide bonds. The third kappa shape index (κ3) is 1.74. The van der Waals surface area contributed by atoms with Gasteiger partial charge in [0.05, 0.1) is 0 Å². The topological polar surface area (TPSA) is 16.1 Å². The van der Waals surface area contributed by atoms with Gasteiger partial charge in [-0.1, -0.05) is 0 Å². The van der Waals surface area contributed by atoms with Crippen molar-refractivity contribution in [3.63, 3.8) is 0 Å². The van der Waals surface area contributed by atoms with Gasteiger partial charge in [0.15, 0.2) is 5.13 Å². The molecule has 1 saturated heterocycles. The largest absolute Gasteiger partial charge is 0.343 e. The summed E-state index contributed by atoms with van der Waals surface area (Å²) in [6.07, 6.45) is 2.55. The number of aromatic nitrogens is 1. The first-order chi connectivity index (χ1) is 6.09. The molecule has 4 heteroatoms. The Kier molecular flexibility index (Phi) is 2.36. The predicted octanol–water partition coefficient (Wildman–Crippen LogP) is 3.28. The van der Waals surface area contributed by atoms with Crippen LogP contribution < -0.4 is 4.90 Å². The molecule has 0 bridgehead atoms. The van der Waals surface area contributed by atoms with E-state index in [1.54, 1.807) is 11.3 Å². The smallest absolute Gasteiger partial charge is 0.186 e. The van der Waals surface area contributed by atoms with Crippen molar-refractivity contribution in [1.29, 1.82) is 0 Å². The van der Waals surface area contributed by atoms with Gasteiger partial charge < -0.3 is 4.90 Å². The van der Waals surface area contributed by atoms with Gasteiger partial charge in [-0.05, 0) is 42.6 Å². The van der Waals surface area contributed by atoms with Crippen molar-refractivity contribution >= 4 is 32.4 Å².